The Morgan fingerprint density at radius 2 is 1.80 bits per heavy atom. The van der Waals surface area contributed by atoms with Gasteiger partial charge in [0.2, 0.25) is 5.91 Å². The zero-order chi connectivity index (χ0) is 11.3. The Kier molecular flexibility index (Phi) is 4.16. The van der Waals surface area contributed by atoms with Gasteiger partial charge in [-0.05, 0) is 37.1 Å². The highest BCUT2D eigenvalue weighted by molar-refractivity contribution is 5.92. The molecule has 3 nitrogen and oxygen atoms in total. The van der Waals surface area contributed by atoms with E-state index in [9.17, 15) is 4.79 Å². The summed E-state index contributed by atoms with van der Waals surface area (Å²) in [5.74, 6) is 0.373. The Morgan fingerprint density at radius 1 is 1.27 bits per heavy atom. The largest absolute Gasteiger partial charge is 0.490 e. The van der Waals surface area contributed by atoms with Gasteiger partial charge in [-0.25, -0.2) is 0 Å². The lowest BCUT2D eigenvalue weighted by atomic mass is 10.2. The fraction of sp³-hybridized carbons (Fsp3) is 0.417. The Morgan fingerprint density at radius 3 is 2.20 bits per heavy atom. The average molecular weight is 207 g/mol. The topological polar surface area (TPSA) is 52.3 Å². The summed E-state index contributed by atoms with van der Waals surface area (Å²) in [5, 5.41) is 0. The van der Waals surface area contributed by atoms with Gasteiger partial charge in [-0.3, -0.25) is 4.79 Å². The second-order valence-corrected chi connectivity index (χ2v) is 3.44. The Hall–Kier alpha value is -1.51. The third-order valence-corrected chi connectivity index (χ3v) is 2.35. The molecule has 15 heavy (non-hydrogen) atoms. The number of carbonyl (C=O) groups excluding carboxylic acids is 1. The van der Waals surface area contributed by atoms with Crippen molar-refractivity contribution in [3.05, 3.63) is 29.8 Å². The van der Waals surface area contributed by atoms with E-state index >= 15 is 0 Å². The lowest BCUT2D eigenvalue weighted by molar-refractivity contribution is 0.1000. The van der Waals surface area contributed by atoms with Crippen molar-refractivity contribution in [1.82, 2.24) is 0 Å². The van der Waals surface area contributed by atoms with Gasteiger partial charge in [0.05, 0.1) is 6.10 Å². The van der Waals surface area contributed by atoms with Gasteiger partial charge in [0.15, 0.2) is 0 Å². The summed E-state index contributed by atoms with van der Waals surface area (Å²) in [6.45, 7) is 4.18. The minimum atomic E-state index is -0.413. The molecule has 0 saturated carbocycles. The maximum absolute atomic E-state index is 10.8. The van der Waals surface area contributed by atoms with Crippen molar-refractivity contribution in [3.8, 4) is 5.75 Å². The van der Waals surface area contributed by atoms with Crippen LogP contribution in [-0.4, -0.2) is 12.0 Å². The zero-order valence-corrected chi connectivity index (χ0v) is 9.19. The molecule has 1 amide bonds. The molecule has 0 aromatic heterocycles. The van der Waals surface area contributed by atoms with Crippen LogP contribution in [0.5, 0.6) is 5.75 Å². The van der Waals surface area contributed by atoms with Gasteiger partial charge >= 0.3 is 0 Å². The molecule has 0 unspecified atom stereocenters. The summed E-state index contributed by atoms with van der Waals surface area (Å²) in [7, 11) is 0. The standard InChI is InChI=1S/C12H17NO2/c1-3-10(4-2)15-11-7-5-9(6-8-11)12(13)14/h5-8,10H,3-4H2,1-2H3,(H2,13,14). The maximum atomic E-state index is 10.8. The van der Waals surface area contributed by atoms with Crippen molar-refractivity contribution in [3.63, 3.8) is 0 Å². The number of hydrogen-bond donors (Lipinski definition) is 1. The fourth-order valence-electron chi connectivity index (χ4n) is 1.35. The molecule has 3 heteroatoms. The second-order valence-electron chi connectivity index (χ2n) is 3.44. The van der Waals surface area contributed by atoms with Crippen LogP contribution in [-0.2, 0) is 0 Å². The van der Waals surface area contributed by atoms with Crippen molar-refractivity contribution in [2.75, 3.05) is 0 Å². The third-order valence-electron chi connectivity index (χ3n) is 2.35. The lowest BCUT2D eigenvalue weighted by Gasteiger charge is -2.15. The Bertz CT molecular complexity index is 315. The third kappa shape index (κ3) is 3.27. The van der Waals surface area contributed by atoms with Crippen molar-refractivity contribution in [2.45, 2.75) is 32.8 Å². The molecule has 1 aromatic rings. The highest BCUT2D eigenvalue weighted by Crippen LogP contribution is 2.15. The van der Waals surface area contributed by atoms with E-state index in [1.54, 1.807) is 24.3 Å². The van der Waals surface area contributed by atoms with Crippen LogP contribution >= 0.6 is 0 Å². The Balaban J connectivity index is 2.67. The van der Waals surface area contributed by atoms with Crippen LogP contribution in [0.25, 0.3) is 0 Å². The van der Waals surface area contributed by atoms with Crippen LogP contribution in [0.15, 0.2) is 24.3 Å². The fourth-order valence-corrected chi connectivity index (χ4v) is 1.35. The SMILES string of the molecule is CCC(CC)Oc1ccc(C(N)=O)cc1. The summed E-state index contributed by atoms with van der Waals surface area (Å²) in [5.41, 5.74) is 5.64. The second kappa shape index (κ2) is 5.39. The van der Waals surface area contributed by atoms with Crippen LogP contribution in [0.1, 0.15) is 37.0 Å². The molecule has 2 N–H and O–H groups in total. The molecule has 0 heterocycles. The molecule has 0 atom stereocenters. The summed E-state index contributed by atoms with van der Waals surface area (Å²) in [6, 6.07) is 6.91. The van der Waals surface area contributed by atoms with Crippen LogP contribution in [0.4, 0.5) is 0 Å². The quantitative estimate of drug-likeness (QED) is 0.805. The molecule has 0 saturated heterocycles. The van der Waals surface area contributed by atoms with E-state index in [2.05, 4.69) is 13.8 Å². The van der Waals surface area contributed by atoms with E-state index in [0.29, 0.717) is 5.56 Å². The molecule has 0 bridgehead atoms. The summed E-state index contributed by atoms with van der Waals surface area (Å²) < 4.78 is 5.70. The van der Waals surface area contributed by atoms with E-state index in [4.69, 9.17) is 10.5 Å². The molecule has 1 rings (SSSR count). The van der Waals surface area contributed by atoms with Gasteiger partial charge in [0, 0.05) is 5.56 Å². The van der Waals surface area contributed by atoms with Crippen LogP contribution < -0.4 is 10.5 Å². The highest BCUT2D eigenvalue weighted by Gasteiger charge is 2.05. The predicted octanol–water partition coefficient (Wildman–Crippen LogP) is 2.35. The molecule has 1 aromatic carbocycles. The monoisotopic (exact) mass is 207 g/mol. The number of primary amides is 1. The van der Waals surface area contributed by atoms with Gasteiger partial charge in [0.25, 0.3) is 0 Å². The van der Waals surface area contributed by atoms with E-state index < -0.39 is 5.91 Å². The van der Waals surface area contributed by atoms with Crippen LogP contribution in [0.3, 0.4) is 0 Å². The van der Waals surface area contributed by atoms with Gasteiger partial charge in [0.1, 0.15) is 5.75 Å². The number of nitrogens with two attached hydrogens (primary N) is 1. The first-order chi connectivity index (χ1) is 7.17. The number of rotatable bonds is 5. The van der Waals surface area contributed by atoms with Gasteiger partial charge in [-0.15, -0.1) is 0 Å². The minimum absolute atomic E-state index is 0.240. The molecule has 0 aliphatic carbocycles. The number of hydrogen-bond acceptors (Lipinski definition) is 2. The summed E-state index contributed by atoms with van der Waals surface area (Å²) in [6.07, 6.45) is 2.20. The zero-order valence-electron chi connectivity index (χ0n) is 9.19. The molecule has 0 aliphatic rings. The summed E-state index contributed by atoms with van der Waals surface area (Å²) in [4.78, 5) is 10.8. The maximum Gasteiger partial charge on any atom is 0.248 e. The van der Waals surface area contributed by atoms with Crippen LogP contribution in [0.2, 0.25) is 0 Å². The number of amides is 1. The van der Waals surface area contributed by atoms with E-state index in [1.807, 2.05) is 0 Å². The first-order valence-electron chi connectivity index (χ1n) is 5.23. The molecule has 82 valence electrons. The van der Waals surface area contributed by atoms with Gasteiger partial charge in [-0.1, -0.05) is 13.8 Å². The van der Waals surface area contributed by atoms with E-state index in [-0.39, 0.29) is 6.10 Å². The number of ether oxygens (including phenoxy) is 1. The summed E-state index contributed by atoms with van der Waals surface area (Å²) >= 11 is 0. The molecular formula is C12H17NO2. The van der Waals surface area contributed by atoms with Crippen LogP contribution in [0, 0.1) is 0 Å². The number of benzene rings is 1. The molecule has 0 radical (unpaired) electrons. The van der Waals surface area contributed by atoms with Crippen molar-refractivity contribution in [2.24, 2.45) is 5.73 Å². The first kappa shape index (κ1) is 11.6. The molecule has 0 fully saturated rings. The van der Waals surface area contributed by atoms with E-state index in [0.717, 1.165) is 18.6 Å². The van der Waals surface area contributed by atoms with E-state index in [1.165, 1.54) is 0 Å². The predicted molar refractivity (Wildman–Crippen MR) is 60.0 cm³/mol. The number of carbonyl (C=O) groups is 1. The first-order valence-corrected chi connectivity index (χ1v) is 5.23. The normalized spacial score (nSPS) is 10.3. The van der Waals surface area contributed by atoms with Gasteiger partial charge in [-0.2, -0.15) is 0 Å². The smallest absolute Gasteiger partial charge is 0.248 e. The van der Waals surface area contributed by atoms with Gasteiger partial charge < -0.3 is 10.5 Å². The Labute approximate surface area is 90.2 Å². The minimum Gasteiger partial charge on any atom is -0.490 e. The molecular weight excluding hydrogens is 190 g/mol. The van der Waals surface area contributed by atoms with Crippen molar-refractivity contribution >= 4 is 5.91 Å². The molecule has 0 spiro atoms. The highest BCUT2D eigenvalue weighted by atomic mass is 16.5. The average Bonchev–Trinajstić information content (AvgIpc) is 2.26. The van der Waals surface area contributed by atoms with Crippen molar-refractivity contribution in [1.29, 1.82) is 0 Å². The lowest BCUT2D eigenvalue weighted by Crippen LogP contribution is -2.14. The molecule has 0 aliphatic heterocycles. The van der Waals surface area contributed by atoms with Crippen molar-refractivity contribution < 1.29 is 9.53 Å².